The molecule has 0 radical (unpaired) electrons. The fourth-order valence-corrected chi connectivity index (χ4v) is 1.20. The zero-order valence-corrected chi connectivity index (χ0v) is 10.1. The van der Waals surface area contributed by atoms with Gasteiger partial charge < -0.3 is 10.4 Å². The van der Waals surface area contributed by atoms with Gasteiger partial charge in [0.05, 0.1) is 17.2 Å². The number of nitrogens with one attached hydrogen (secondary N) is 1. The maximum atomic E-state index is 9.60. The molecule has 1 heterocycles. The largest absolute Gasteiger partial charge is 0.391 e. The second kappa shape index (κ2) is 4.50. The molecule has 0 saturated carbocycles. The molecule has 0 saturated heterocycles. The smallest absolute Gasteiger partial charge is 0.144 e. The Bertz CT molecular complexity index is 419. The lowest BCUT2D eigenvalue weighted by Crippen LogP contribution is -2.42. The van der Waals surface area contributed by atoms with Crippen molar-refractivity contribution in [2.75, 3.05) is 5.32 Å². The number of aryl methyl sites for hydroxylation is 1. The van der Waals surface area contributed by atoms with Crippen molar-refractivity contribution in [3.05, 3.63) is 23.4 Å². The molecule has 0 bridgehead atoms. The summed E-state index contributed by atoms with van der Waals surface area (Å²) >= 11 is 0. The first-order valence-corrected chi connectivity index (χ1v) is 5.20. The number of nitrogens with zero attached hydrogens (tertiary/aromatic N) is 2. The summed E-state index contributed by atoms with van der Waals surface area (Å²) < 4.78 is 0. The molecule has 1 unspecified atom stereocenters. The highest BCUT2D eigenvalue weighted by Gasteiger charge is 2.25. The highest BCUT2D eigenvalue weighted by Crippen LogP contribution is 2.21. The summed E-state index contributed by atoms with van der Waals surface area (Å²) in [6.07, 6.45) is 1.11. The molecule has 4 nitrogen and oxygen atoms in total. The monoisotopic (exact) mass is 219 g/mol. The van der Waals surface area contributed by atoms with E-state index in [2.05, 4.69) is 16.4 Å². The Morgan fingerprint density at radius 3 is 2.69 bits per heavy atom. The first kappa shape index (κ1) is 12.5. The van der Waals surface area contributed by atoms with Crippen LogP contribution in [0.2, 0.25) is 0 Å². The van der Waals surface area contributed by atoms with E-state index in [4.69, 9.17) is 5.26 Å². The molecular weight excluding hydrogens is 202 g/mol. The van der Waals surface area contributed by atoms with Crippen molar-refractivity contribution < 1.29 is 5.11 Å². The van der Waals surface area contributed by atoms with Crippen molar-refractivity contribution in [3.8, 4) is 6.07 Å². The quantitative estimate of drug-likeness (QED) is 0.813. The maximum Gasteiger partial charge on any atom is 0.144 e. The van der Waals surface area contributed by atoms with Gasteiger partial charge in [-0.15, -0.1) is 0 Å². The normalized spacial score (nSPS) is 13.0. The predicted octanol–water partition coefficient (Wildman–Crippen LogP) is 1.83. The van der Waals surface area contributed by atoms with Crippen LogP contribution in [0.3, 0.4) is 0 Å². The van der Waals surface area contributed by atoms with Crippen LogP contribution in [0, 0.1) is 18.3 Å². The van der Waals surface area contributed by atoms with E-state index in [0.717, 1.165) is 5.56 Å². The third-order valence-corrected chi connectivity index (χ3v) is 2.76. The number of aliphatic hydroxyl groups excluding tert-OH is 1. The predicted molar refractivity (Wildman–Crippen MR) is 63.1 cm³/mol. The van der Waals surface area contributed by atoms with E-state index in [1.807, 2.05) is 20.8 Å². The molecule has 1 rings (SSSR count). The van der Waals surface area contributed by atoms with Crippen molar-refractivity contribution in [1.82, 2.24) is 4.98 Å². The third kappa shape index (κ3) is 2.50. The minimum atomic E-state index is -0.540. The van der Waals surface area contributed by atoms with Gasteiger partial charge in [-0.1, -0.05) is 0 Å². The van der Waals surface area contributed by atoms with Crippen molar-refractivity contribution in [2.24, 2.45) is 0 Å². The number of aromatic nitrogens is 1. The SMILES string of the molecule is Cc1ccnc(NC(C)(C)C(C)O)c1C#N. The number of anilines is 1. The molecule has 86 valence electrons. The molecule has 0 aromatic carbocycles. The number of rotatable bonds is 3. The van der Waals surface area contributed by atoms with Crippen LogP contribution in [0.4, 0.5) is 5.82 Å². The molecule has 2 N–H and O–H groups in total. The fraction of sp³-hybridized carbons (Fsp3) is 0.500. The van der Waals surface area contributed by atoms with Gasteiger partial charge in [-0.25, -0.2) is 4.98 Å². The van der Waals surface area contributed by atoms with E-state index in [0.29, 0.717) is 11.4 Å². The summed E-state index contributed by atoms with van der Waals surface area (Å²) in [4.78, 5) is 4.13. The summed E-state index contributed by atoms with van der Waals surface area (Å²) in [7, 11) is 0. The maximum absolute atomic E-state index is 9.60. The molecule has 0 aliphatic rings. The molecule has 0 fully saturated rings. The number of pyridine rings is 1. The molecule has 16 heavy (non-hydrogen) atoms. The number of nitriles is 1. The molecule has 0 spiro atoms. The number of hydrogen-bond acceptors (Lipinski definition) is 4. The summed E-state index contributed by atoms with van der Waals surface area (Å²) in [5.41, 5.74) is 0.879. The van der Waals surface area contributed by atoms with Crippen LogP contribution in [0.5, 0.6) is 0 Å². The third-order valence-electron chi connectivity index (χ3n) is 2.76. The van der Waals surface area contributed by atoms with Gasteiger partial charge >= 0.3 is 0 Å². The molecule has 0 aliphatic carbocycles. The molecule has 1 aromatic rings. The Morgan fingerprint density at radius 2 is 2.19 bits per heavy atom. The van der Waals surface area contributed by atoms with Gasteiger partial charge in [0.15, 0.2) is 0 Å². The van der Waals surface area contributed by atoms with Gasteiger partial charge in [0.25, 0.3) is 0 Å². The first-order chi connectivity index (χ1) is 7.38. The molecule has 1 atom stereocenters. The lowest BCUT2D eigenvalue weighted by Gasteiger charge is -2.30. The van der Waals surface area contributed by atoms with E-state index in [9.17, 15) is 5.11 Å². The van der Waals surface area contributed by atoms with Crippen LogP contribution >= 0.6 is 0 Å². The van der Waals surface area contributed by atoms with Crippen LogP contribution in [-0.2, 0) is 0 Å². The fourth-order valence-electron chi connectivity index (χ4n) is 1.20. The Hall–Kier alpha value is -1.60. The number of aliphatic hydroxyl groups is 1. The second-order valence-electron chi connectivity index (χ2n) is 4.49. The van der Waals surface area contributed by atoms with E-state index in [-0.39, 0.29) is 0 Å². The summed E-state index contributed by atoms with van der Waals surface area (Å²) in [5.74, 6) is 0.522. The van der Waals surface area contributed by atoms with Gasteiger partial charge in [0.2, 0.25) is 0 Å². The van der Waals surface area contributed by atoms with Crippen molar-refractivity contribution in [2.45, 2.75) is 39.3 Å². The minimum absolute atomic E-state index is 0.521. The average molecular weight is 219 g/mol. The Morgan fingerprint density at radius 1 is 1.56 bits per heavy atom. The zero-order chi connectivity index (χ0) is 12.3. The average Bonchev–Trinajstić information content (AvgIpc) is 2.17. The summed E-state index contributed by atoms with van der Waals surface area (Å²) in [6.45, 7) is 7.29. The van der Waals surface area contributed by atoms with Crippen LogP contribution in [0.15, 0.2) is 12.3 Å². The second-order valence-corrected chi connectivity index (χ2v) is 4.49. The van der Waals surface area contributed by atoms with Crippen LogP contribution in [-0.4, -0.2) is 21.7 Å². The Balaban J connectivity index is 3.08. The topological polar surface area (TPSA) is 68.9 Å². The van der Waals surface area contributed by atoms with Gasteiger partial charge in [-0.3, -0.25) is 0 Å². The number of hydrogen-bond donors (Lipinski definition) is 2. The highest BCUT2D eigenvalue weighted by molar-refractivity contribution is 5.56. The van der Waals surface area contributed by atoms with Crippen molar-refractivity contribution >= 4 is 5.82 Å². The minimum Gasteiger partial charge on any atom is -0.391 e. The van der Waals surface area contributed by atoms with E-state index in [1.165, 1.54) is 0 Å². The summed E-state index contributed by atoms with van der Waals surface area (Å²) in [5, 5.41) is 21.7. The van der Waals surface area contributed by atoms with E-state index in [1.54, 1.807) is 19.2 Å². The van der Waals surface area contributed by atoms with E-state index < -0.39 is 11.6 Å². The Kier molecular flexibility index (Phi) is 3.51. The van der Waals surface area contributed by atoms with Gasteiger partial charge in [0, 0.05) is 6.20 Å². The lowest BCUT2D eigenvalue weighted by atomic mass is 9.98. The van der Waals surface area contributed by atoms with Crippen LogP contribution < -0.4 is 5.32 Å². The van der Waals surface area contributed by atoms with Crippen molar-refractivity contribution in [3.63, 3.8) is 0 Å². The Labute approximate surface area is 95.9 Å². The molecule has 0 amide bonds. The van der Waals surface area contributed by atoms with Crippen LogP contribution in [0.1, 0.15) is 31.9 Å². The lowest BCUT2D eigenvalue weighted by molar-refractivity contribution is 0.133. The van der Waals surface area contributed by atoms with Crippen molar-refractivity contribution in [1.29, 1.82) is 5.26 Å². The highest BCUT2D eigenvalue weighted by atomic mass is 16.3. The summed E-state index contributed by atoms with van der Waals surface area (Å²) in [6, 6.07) is 3.91. The van der Waals surface area contributed by atoms with Gasteiger partial charge in [-0.05, 0) is 39.3 Å². The van der Waals surface area contributed by atoms with Gasteiger partial charge in [-0.2, -0.15) is 5.26 Å². The molecular formula is C12H17N3O. The van der Waals surface area contributed by atoms with E-state index >= 15 is 0 Å². The first-order valence-electron chi connectivity index (χ1n) is 5.20. The van der Waals surface area contributed by atoms with Gasteiger partial charge in [0.1, 0.15) is 11.9 Å². The van der Waals surface area contributed by atoms with Crippen LogP contribution in [0.25, 0.3) is 0 Å². The zero-order valence-electron chi connectivity index (χ0n) is 10.1. The molecule has 4 heteroatoms. The standard InChI is InChI=1S/C12H17N3O/c1-8-5-6-14-11(10(8)7-13)15-12(3,4)9(2)16/h5-6,9,16H,1-4H3,(H,14,15). The molecule has 1 aromatic heterocycles. The molecule has 0 aliphatic heterocycles.